The Hall–Kier alpha value is -2.86. The molecule has 0 heterocycles. The van der Waals surface area contributed by atoms with Crippen molar-refractivity contribution in [3.05, 3.63) is 59.7 Å². The summed E-state index contributed by atoms with van der Waals surface area (Å²) in [6, 6.07) is 13.7. The number of amides is 2. The molecule has 2 amide bonds. The number of carbonyl (C=O) groups is 2. The second kappa shape index (κ2) is 9.90. The minimum Gasteiger partial charge on any atom is -0.491 e. The van der Waals surface area contributed by atoms with Crippen molar-refractivity contribution >= 4 is 17.5 Å². The average Bonchev–Trinajstić information content (AvgIpc) is 2.64. The summed E-state index contributed by atoms with van der Waals surface area (Å²) >= 11 is 0. The third-order valence-corrected chi connectivity index (χ3v) is 3.69. The van der Waals surface area contributed by atoms with Crippen LogP contribution < -0.4 is 15.4 Å². The van der Waals surface area contributed by atoms with Gasteiger partial charge in [-0.1, -0.05) is 6.07 Å². The molecule has 0 aliphatic rings. The Morgan fingerprint density at radius 2 is 1.64 bits per heavy atom. The van der Waals surface area contributed by atoms with Crippen molar-refractivity contribution in [1.82, 2.24) is 5.32 Å². The molecule has 2 aromatic rings. The predicted octanol–water partition coefficient (Wildman–Crippen LogP) is 3.88. The van der Waals surface area contributed by atoms with E-state index in [9.17, 15) is 9.59 Å². The lowest BCUT2D eigenvalue weighted by atomic mass is 10.1. The maximum Gasteiger partial charge on any atom is 0.255 e. The van der Waals surface area contributed by atoms with E-state index in [-0.39, 0.29) is 17.4 Å². The van der Waals surface area contributed by atoms with Crippen molar-refractivity contribution in [3.8, 4) is 5.75 Å². The number of nitrogens with one attached hydrogen (secondary N) is 2. The molecule has 0 aromatic heterocycles. The van der Waals surface area contributed by atoms with E-state index < -0.39 is 0 Å². The highest BCUT2D eigenvalue weighted by molar-refractivity contribution is 6.05. The SMILES string of the molecule is CCOCCOc1ccc(C(=O)Nc2cccc(C(=O)NC(C)(C)C)c2)cc1. The van der Waals surface area contributed by atoms with Gasteiger partial charge in [0.2, 0.25) is 0 Å². The van der Waals surface area contributed by atoms with Crippen LogP contribution in [0.4, 0.5) is 5.69 Å². The van der Waals surface area contributed by atoms with E-state index in [0.717, 1.165) is 0 Å². The van der Waals surface area contributed by atoms with Gasteiger partial charge in [-0.15, -0.1) is 0 Å². The van der Waals surface area contributed by atoms with Crippen LogP contribution in [0.25, 0.3) is 0 Å². The van der Waals surface area contributed by atoms with Crippen LogP contribution >= 0.6 is 0 Å². The maximum atomic E-state index is 12.5. The third-order valence-electron chi connectivity index (χ3n) is 3.69. The average molecular weight is 384 g/mol. The number of benzene rings is 2. The summed E-state index contributed by atoms with van der Waals surface area (Å²) in [6.45, 7) is 9.32. The van der Waals surface area contributed by atoms with Crippen molar-refractivity contribution in [2.75, 3.05) is 25.1 Å². The highest BCUT2D eigenvalue weighted by Gasteiger charge is 2.16. The first-order valence-corrected chi connectivity index (χ1v) is 9.33. The molecule has 0 atom stereocenters. The Morgan fingerprint density at radius 1 is 0.929 bits per heavy atom. The van der Waals surface area contributed by atoms with Crippen LogP contribution in [0.2, 0.25) is 0 Å². The van der Waals surface area contributed by atoms with E-state index in [0.29, 0.717) is 42.4 Å². The first-order valence-electron chi connectivity index (χ1n) is 9.33. The molecule has 0 aliphatic heterocycles. The minimum atomic E-state index is -0.331. The lowest BCUT2D eigenvalue weighted by Crippen LogP contribution is -2.40. The zero-order valence-electron chi connectivity index (χ0n) is 16.9. The van der Waals surface area contributed by atoms with Crippen LogP contribution in [-0.2, 0) is 4.74 Å². The number of carbonyl (C=O) groups excluding carboxylic acids is 2. The van der Waals surface area contributed by atoms with Gasteiger partial charge in [-0.25, -0.2) is 0 Å². The molecule has 150 valence electrons. The Morgan fingerprint density at radius 3 is 2.29 bits per heavy atom. The van der Waals surface area contributed by atoms with Gasteiger partial charge in [-0.3, -0.25) is 9.59 Å². The van der Waals surface area contributed by atoms with Crippen LogP contribution in [0.15, 0.2) is 48.5 Å². The summed E-state index contributed by atoms with van der Waals surface area (Å²) in [5, 5.41) is 5.72. The fourth-order valence-electron chi connectivity index (χ4n) is 2.42. The van der Waals surface area contributed by atoms with Crippen molar-refractivity contribution in [2.45, 2.75) is 33.2 Å². The molecule has 2 rings (SSSR count). The van der Waals surface area contributed by atoms with Crippen LogP contribution in [0.5, 0.6) is 5.75 Å². The van der Waals surface area contributed by atoms with E-state index in [1.807, 2.05) is 27.7 Å². The summed E-state index contributed by atoms with van der Waals surface area (Å²) < 4.78 is 10.8. The highest BCUT2D eigenvalue weighted by Crippen LogP contribution is 2.16. The molecular weight excluding hydrogens is 356 g/mol. The van der Waals surface area contributed by atoms with Crippen LogP contribution in [0, 0.1) is 0 Å². The largest absolute Gasteiger partial charge is 0.491 e. The van der Waals surface area contributed by atoms with E-state index in [4.69, 9.17) is 9.47 Å². The van der Waals surface area contributed by atoms with Gasteiger partial charge < -0.3 is 20.1 Å². The van der Waals surface area contributed by atoms with Crippen molar-refractivity contribution in [3.63, 3.8) is 0 Å². The summed E-state index contributed by atoms with van der Waals surface area (Å²) in [4.78, 5) is 24.7. The minimum absolute atomic E-state index is 0.183. The molecule has 2 N–H and O–H groups in total. The molecule has 6 nitrogen and oxygen atoms in total. The number of anilines is 1. The first kappa shape index (κ1) is 21.4. The predicted molar refractivity (Wildman–Crippen MR) is 110 cm³/mol. The van der Waals surface area contributed by atoms with Crippen molar-refractivity contribution in [1.29, 1.82) is 0 Å². The zero-order valence-corrected chi connectivity index (χ0v) is 16.9. The molecule has 0 bridgehead atoms. The van der Waals surface area contributed by atoms with Gasteiger partial charge in [0, 0.05) is 29.0 Å². The fraction of sp³-hybridized carbons (Fsp3) is 0.364. The Bertz CT molecular complexity index is 795. The lowest BCUT2D eigenvalue weighted by Gasteiger charge is -2.20. The summed E-state index contributed by atoms with van der Waals surface area (Å²) in [5.74, 6) is 0.239. The van der Waals surface area contributed by atoms with E-state index in [1.54, 1.807) is 48.5 Å². The van der Waals surface area contributed by atoms with Crippen LogP contribution in [-0.4, -0.2) is 37.2 Å². The Labute approximate surface area is 166 Å². The zero-order chi connectivity index (χ0) is 20.6. The molecule has 0 saturated heterocycles. The molecule has 0 fully saturated rings. The molecule has 2 aromatic carbocycles. The maximum absolute atomic E-state index is 12.5. The third kappa shape index (κ3) is 7.04. The Balaban J connectivity index is 1.97. The topological polar surface area (TPSA) is 76.7 Å². The molecule has 0 unspecified atom stereocenters. The molecule has 0 aliphatic carbocycles. The lowest BCUT2D eigenvalue weighted by molar-refractivity contribution is 0.0918. The van der Waals surface area contributed by atoms with Crippen molar-refractivity contribution < 1.29 is 19.1 Å². The highest BCUT2D eigenvalue weighted by atomic mass is 16.5. The van der Waals surface area contributed by atoms with Gasteiger partial charge in [0.1, 0.15) is 12.4 Å². The van der Waals surface area contributed by atoms with Gasteiger partial charge in [0.25, 0.3) is 11.8 Å². The van der Waals surface area contributed by atoms with Gasteiger partial charge in [0.15, 0.2) is 0 Å². The second-order valence-electron chi connectivity index (χ2n) is 7.31. The smallest absolute Gasteiger partial charge is 0.255 e. The van der Waals surface area contributed by atoms with E-state index >= 15 is 0 Å². The molecule has 6 heteroatoms. The van der Waals surface area contributed by atoms with Crippen molar-refractivity contribution in [2.24, 2.45) is 0 Å². The van der Waals surface area contributed by atoms with Crippen LogP contribution in [0.1, 0.15) is 48.4 Å². The number of hydrogen-bond donors (Lipinski definition) is 2. The first-order chi connectivity index (χ1) is 13.3. The summed E-state index contributed by atoms with van der Waals surface area (Å²) in [7, 11) is 0. The fourth-order valence-corrected chi connectivity index (χ4v) is 2.42. The molecule has 0 spiro atoms. The van der Waals surface area contributed by atoms with E-state index in [1.165, 1.54) is 0 Å². The standard InChI is InChI=1S/C22H28N2O4/c1-5-27-13-14-28-19-11-9-16(10-12-19)20(25)23-18-8-6-7-17(15-18)21(26)24-22(2,3)4/h6-12,15H,5,13-14H2,1-4H3,(H,23,25)(H,24,26). The van der Waals surface area contributed by atoms with Gasteiger partial charge in [0.05, 0.1) is 6.61 Å². The second-order valence-corrected chi connectivity index (χ2v) is 7.31. The number of hydrogen-bond acceptors (Lipinski definition) is 4. The number of ether oxygens (including phenoxy) is 2. The Kier molecular flexibility index (Phi) is 7.58. The van der Waals surface area contributed by atoms with E-state index in [2.05, 4.69) is 10.6 Å². The normalized spacial score (nSPS) is 11.0. The van der Waals surface area contributed by atoms with Gasteiger partial charge >= 0.3 is 0 Å². The molecule has 0 saturated carbocycles. The quantitative estimate of drug-likeness (QED) is 0.677. The molecule has 0 radical (unpaired) electrons. The van der Waals surface area contributed by atoms with Gasteiger partial charge in [-0.2, -0.15) is 0 Å². The van der Waals surface area contributed by atoms with Gasteiger partial charge in [-0.05, 0) is 70.2 Å². The molecular formula is C22H28N2O4. The number of rotatable bonds is 8. The molecule has 28 heavy (non-hydrogen) atoms. The monoisotopic (exact) mass is 384 g/mol. The van der Waals surface area contributed by atoms with Crippen LogP contribution in [0.3, 0.4) is 0 Å². The summed E-state index contributed by atoms with van der Waals surface area (Å²) in [5.41, 5.74) is 1.22. The summed E-state index contributed by atoms with van der Waals surface area (Å²) in [6.07, 6.45) is 0.